The zero-order valence-corrected chi connectivity index (χ0v) is 9.72. The molecule has 2 heterocycles. The highest BCUT2D eigenvalue weighted by Gasteiger charge is 2.17. The fourth-order valence-corrected chi connectivity index (χ4v) is 1.87. The first-order valence-corrected chi connectivity index (χ1v) is 5.58. The predicted octanol–water partition coefficient (Wildman–Crippen LogP) is 0.712. The summed E-state index contributed by atoms with van der Waals surface area (Å²) in [7, 11) is 1.51. The van der Waals surface area contributed by atoms with Crippen molar-refractivity contribution in [2.75, 3.05) is 25.1 Å². The molecule has 1 N–H and O–H groups in total. The Kier molecular flexibility index (Phi) is 3.41. The summed E-state index contributed by atoms with van der Waals surface area (Å²) in [5.74, 6) is 0.0781. The van der Waals surface area contributed by atoms with Crippen molar-refractivity contribution in [2.45, 2.75) is 19.3 Å². The summed E-state index contributed by atoms with van der Waals surface area (Å²) in [6.45, 7) is 1.83. The lowest BCUT2D eigenvalue weighted by molar-refractivity contribution is -0.136. The molecule has 92 valence electrons. The van der Waals surface area contributed by atoms with Gasteiger partial charge in [-0.25, -0.2) is 4.98 Å². The van der Waals surface area contributed by atoms with E-state index in [0.29, 0.717) is 17.5 Å². The molecule has 1 fully saturated rings. The van der Waals surface area contributed by atoms with Crippen LogP contribution in [-0.4, -0.2) is 41.2 Å². The van der Waals surface area contributed by atoms with Gasteiger partial charge in [0.1, 0.15) is 0 Å². The molecule has 1 aromatic rings. The van der Waals surface area contributed by atoms with Gasteiger partial charge < -0.3 is 14.7 Å². The number of hydrogen-bond acceptors (Lipinski definition) is 5. The standard InChI is InChI=1S/C11H15N3O3/c1-17-9-6-8(7-10(15)16)12-11(13-9)14-4-2-3-5-14/h6H,2-5,7H2,1H3,(H,15,16). The van der Waals surface area contributed by atoms with Crippen molar-refractivity contribution >= 4 is 11.9 Å². The van der Waals surface area contributed by atoms with Crippen LogP contribution in [0.3, 0.4) is 0 Å². The number of aliphatic carboxylic acids is 1. The highest BCUT2D eigenvalue weighted by atomic mass is 16.5. The Hall–Kier alpha value is -1.85. The zero-order valence-electron chi connectivity index (χ0n) is 9.72. The minimum atomic E-state index is -0.905. The Morgan fingerprint density at radius 3 is 2.76 bits per heavy atom. The average Bonchev–Trinajstić information content (AvgIpc) is 2.81. The number of anilines is 1. The number of ether oxygens (including phenoxy) is 1. The van der Waals surface area contributed by atoms with Crippen molar-refractivity contribution in [3.8, 4) is 5.88 Å². The Labute approximate surface area is 99.2 Å². The Bertz CT molecular complexity index is 416. The first-order valence-electron chi connectivity index (χ1n) is 5.58. The van der Waals surface area contributed by atoms with Crippen LogP contribution in [-0.2, 0) is 11.2 Å². The van der Waals surface area contributed by atoms with Gasteiger partial charge in [-0.15, -0.1) is 0 Å². The normalized spacial score (nSPS) is 15.0. The fourth-order valence-electron chi connectivity index (χ4n) is 1.87. The van der Waals surface area contributed by atoms with E-state index in [9.17, 15) is 4.79 Å². The van der Waals surface area contributed by atoms with Crippen molar-refractivity contribution in [1.29, 1.82) is 0 Å². The SMILES string of the molecule is COc1cc(CC(=O)O)nc(N2CCCC2)n1. The van der Waals surface area contributed by atoms with E-state index in [2.05, 4.69) is 9.97 Å². The molecule has 0 spiro atoms. The Morgan fingerprint density at radius 1 is 1.47 bits per heavy atom. The second kappa shape index (κ2) is 4.99. The zero-order chi connectivity index (χ0) is 12.3. The maximum atomic E-state index is 10.7. The van der Waals surface area contributed by atoms with Crippen LogP contribution in [0, 0.1) is 0 Å². The van der Waals surface area contributed by atoms with E-state index in [0.717, 1.165) is 25.9 Å². The number of carboxylic acid groups (broad SMARTS) is 1. The fraction of sp³-hybridized carbons (Fsp3) is 0.545. The molecule has 0 bridgehead atoms. The van der Waals surface area contributed by atoms with E-state index in [4.69, 9.17) is 9.84 Å². The molecule has 0 aromatic carbocycles. The van der Waals surface area contributed by atoms with Crippen molar-refractivity contribution in [3.63, 3.8) is 0 Å². The molecular weight excluding hydrogens is 222 g/mol. The summed E-state index contributed by atoms with van der Waals surface area (Å²) < 4.78 is 5.07. The van der Waals surface area contributed by atoms with Crippen molar-refractivity contribution in [1.82, 2.24) is 9.97 Å². The lowest BCUT2D eigenvalue weighted by atomic mass is 10.3. The molecule has 0 saturated carbocycles. The minimum Gasteiger partial charge on any atom is -0.481 e. The van der Waals surface area contributed by atoms with Gasteiger partial charge in [0, 0.05) is 19.2 Å². The van der Waals surface area contributed by atoms with Crippen LogP contribution in [0.1, 0.15) is 18.5 Å². The monoisotopic (exact) mass is 237 g/mol. The minimum absolute atomic E-state index is 0.111. The van der Waals surface area contributed by atoms with Gasteiger partial charge in [0.05, 0.1) is 19.2 Å². The molecule has 1 aliphatic rings. The van der Waals surface area contributed by atoms with Gasteiger partial charge in [0.25, 0.3) is 0 Å². The highest BCUT2D eigenvalue weighted by molar-refractivity contribution is 5.69. The number of rotatable bonds is 4. The van der Waals surface area contributed by atoms with Crippen LogP contribution >= 0.6 is 0 Å². The smallest absolute Gasteiger partial charge is 0.309 e. The third-order valence-electron chi connectivity index (χ3n) is 2.67. The summed E-state index contributed by atoms with van der Waals surface area (Å²) in [5, 5.41) is 8.77. The van der Waals surface area contributed by atoms with Crippen molar-refractivity contribution < 1.29 is 14.6 Å². The predicted molar refractivity (Wildman–Crippen MR) is 61.4 cm³/mol. The molecule has 2 rings (SSSR count). The van der Waals surface area contributed by atoms with E-state index >= 15 is 0 Å². The van der Waals surface area contributed by atoms with Gasteiger partial charge in [0.2, 0.25) is 11.8 Å². The van der Waals surface area contributed by atoms with E-state index in [1.54, 1.807) is 6.07 Å². The number of carbonyl (C=O) groups is 1. The molecule has 6 heteroatoms. The summed E-state index contributed by atoms with van der Waals surface area (Å²) in [4.78, 5) is 21.2. The van der Waals surface area contributed by atoms with Crippen LogP contribution in [0.15, 0.2) is 6.07 Å². The van der Waals surface area contributed by atoms with Crippen LogP contribution in [0.25, 0.3) is 0 Å². The molecule has 0 atom stereocenters. The Morgan fingerprint density at radius 2 is 2.18 bits per heavy atom. The van der Waals surface area contributed by atoms with Gasteiger partial charge in [0.15, 0.2) is 0 Å². The highest BCUT2D eigenvalue weighted by Crippen LogP contribution is 2.19. The number of hydrogen-bond donors (Lipinski definition) is 1. The van der Waals surface area contributed by atoms with Gasteiger partial charge in [-0.3, -0.25) is 4.79 Å². The quantitative estimate of drug-likeness (QED) is 0.831. The van der Waals surface area contributed by atoms with Gasteiger partial charge in [-0.2, -0.15) is 4.98 Å². The van der Waals surface area contributed by atoms with E-state index < -0.39 is 5.97 Å². The van der Waals surface area contributed by atoms with Gasteiger partial charge in [-0.05, 0) is 12.8 Å². The third-order valence-corrected chi connectivity index (χ3v) is 2.67. The van der Waals surface area contributed by atoms with E-state index in [1.165, 1.54) is 7.11 Å². The molecule has 1 saturated heterocycles. The summed E-state index contributed by atoms with van der Waals surface area (Å²) in [6, 6.07) is 1.56. The maximum Gasteiger partial charge on any atom is 0.309 e. The van der Waals surface area contributed by atoms with Crippen LogP contribution in [0.2, 0.25) is 0 Å². The third kappa shape index (κ3) is 2.83. The number of aromatic nitrogens is 2. The lowest BCUT2D eigenvalue weighted by Gasteiger charge is -2.16. The molecule has 6 nitrogen and oxygen atoms in total. The second-order valence-corrected chi connectivity index (χ2v) is 3.97. The number of carboxylic acids is 1. The largest absolute Gasteiger partial charge is 0.481 e. The van der Waals surface area contributed by atoms with Gasteiger partial charge >= 0.3 is 5.97 Å². The molecule has 17 heavy (non-hydrogen) atoms. The van der Waals surface area contributed by atoms with Crippen LogP contribution in [0.5, 0.6) is 5.88 Å². The molecule has 1 aromatic heterocycles. The first kappa shape index (κ1) is 11.6. The van der Waals surface area contributed by atoms with Crippen molar-refractivity contribution in [3.05, 3.63) is 11.8 Å². The van der Waals surface area contributed by atoms with Crippen LogP contribution in [0.4, 0.5) is 5.95 Å². The Balaban J connectivity index is 2.27. The summed E-state index contributed by atoms with van der Waals surface area (Å²) in [6.07, 6.45) is 2.13. The summed E-state index contributed by atoms with van der Waals surface area (Å²) in [5.41, 5.74) is 0.478. The lowest BCUT2D eigenvalue weighted by Crippen LogP contribution is -2.21. The second-order valence-electron chi connectivity index (χ2n) is 3.97. The van der Waals surface area contributed by atoms with Crippen LogP contribution < -0.4 is 9.64 Å². The molecule has 0 amide bonds. The summed E-state index contributed by atoms with van der Waals surface area (Å²) >= 11 is 0. The maximum absolute atomic E-state index is 10.7. The van der Waals surface area contributed by atoms with E-state index in [-0.39, 0.29) is 6.42 Å². The molecule has 0 unspecified atom stereocenters. The number of nitrogens with zero attached hydrogens (tertiary/aromatic N) is 3. The first-order chi connectivity index (χ1) is 8.19. The molecule has 0 radical (unpaired) electrons. The van der Waals surface area contributed by atoms with Gasteiger partial charge in [-0.1, -0.05) is 0 Å². The molecule has 1 aliphatic heterocycles. The van der Waals surface area contributed by atoms with E-state index in [1.807, 2.05) is 4.90 Å². The average molecular weight is 237 g/mol. The molecular formula is C11H15N3O3. The van der Waals surface area contributed by atoms with Crippen molar-refractivity contribution in [2.24, 2.45) is 0 Å². The topological polar surface area (TPSA) is 75.6 Å². The number of methoxy groups -OCH3 is 1. The molecule has 0 aliphatic carbocycles.